The van der Waals surface area contributed by atoms with E-state index in [1.165, 1.54) is 6.21 Å². The maximum Gasteiger partial charge on any atom is 0.407 e. The third-order valence-electron chi connectivity index (χ3n) is 5.06. The van der Waals surface area contributed by atoms with Gasteiger partial charge in [0.05, 0.1) is 32.4 Å². The monoisotopic (exact) mass is 553 g/mol. The number of ether oxygens (including phenoxy) is 3. The molecular weight excluding hydrogens is 526 g/mol. The summed E-state index contributed by atoms with van der Waals surface area (Å²) in [7, 11) is 1.56. The molecular formula is C27H28BrN3O5. The van der Waals surface area contributed by atoms with E-state index < -0.39 is 12.1 Å². The number of halogens is 1. The number of carbonyl (C=O) groups excluding carboxylic acids is 2. The second-order valence-electron chi connectivity index (χ2n) is 7.65. The summed E-state index contributed by atoms with van der Waals surface area (Å²) in [4.78, 5) is 24.4. The molecule has 3 aromatic carbocycles. The van der Waals surface area contributed by atoms with Gasteiger partial charge in [-0.1, -0.05) is 58.4 Å². The molecule has 0 aliphatic carbocycles. The smallest absolute Gasteiger partial charge is 0.407 e. The van der Waals surface area contributed by atoms with Crippen LogP contribution in [0.2, 0.25) is 0 Å². The van der Waals surface area contributed by atoms with Crippen molar-refractivity contribution in [1.29, 1.82) is 0 Å². The Morgan fingerprint density at radius 1 is 1.03 bits per heavy atom. The van der Waals surface area contributed by atoms with E-state index in [1.54, 1.807) is 26.2 Å². The molecule has 0 saturated heterocycles. The predicted molar refractivity (Wildman–Crippen MR) is 141 cm³/mol. The minimum Gasteiger partial charge on any atom is -0.493 e. The fourth-order valence-corrected chi connectivity index (χ4v) is 3.55. The Morgan fingerprint density at radius 3 is 2.47 bits per heavy atom. The summed E-state index contributed by atoms with van der Waals surface area (Å²) in [5.41, 5.74) is 5.03. The molecule has 3 aromatic rings. The predicted octanol–water partition coefficient (Wildman–Crippen LogP) is 5.36. The zero-order chi connectivity index (χ0) is 25.8. The number of amides is 2. The normalized spacial score (nSPS) is 11.5. The summed E-state index contributed by atoms with van der Waals surface area (Å²) in [5, 5.41) is 6.76. The molecule has 0 bridgehead atoms. The topological polar surface area (TPSA) is 98.2 Å². The summed E-state index contributed by atoms with van der Waals surface area (Å²) >= 11 is 3.42. The van der Waals surface area contributed by atoms with Crippen molar-refractivity contribution >= 4 is 34.1 Å². The van der Waals surface area contributed by atoms with Crippen LogP contribution in [0.4, 0.5) is 4.79 Å². The Labute approximate surface area is 218 Å². The van der Waals surface area contributed by atoms with Gasteiger partial charge in [0, 0.05) is 4.47 Å². The Hall–Kier alpha value is -3.85. The van der Waals surface area contributed by atoms with Crippen molar-refractivity contribution in [2.45, 2.75) is 26.0 Å². The van der Waals surface area contributed by atoms with Crippen LogP contribution in [0.15, 0.2) is 82.4 Å². The van der Waals surface area contributed by atoms with E-state index in [-0.39, 0.29) is 18.9 Å². The number of nitrogens with one attached hydrogen (secondary N) is 2. The summed E-state index contributed by atoms with van der Waals surface area (Å²) in [6.07, 6.45) is 0.916. The lowest BCUT2D eigenvalue weighted by atomic mass is 10.0. The van der Waals surface area contributed by atoms with Crippen LogP contribution in [-0.4, -0.2) is 31.9 Å². The van der Waals surface area contributed by atoms with Crippen LogP contribution in [0.25, 0.3) is 0 Å². The average molecular weight is 554 g/mol. The minimum absolute atomic E-state index is 0.00762. The third kappa shape index (κ3) is 8.42. The molecule has 0 saturated carbocycles. The molecule has 188 valence electrons. The first-order valence-corrected chi connectivity index (χ1v) is 12.1. The van der Waals surface area contributed by atoms with E-state index in [9.17, 15) is 9.59 Å². The number of alkyl carbamates (subject to hydrolysis) is 1. The van der Waals surface area contributed by atoms with Crippen molar-refractivity contribution in [3.63, 3.8) is 0 Å². The first-order valence-electron chi connectivity index (χ1n) is 11.3. The van der Waals surface area contributed by atoms with Gasteiger partial charge in [0.2, 0.25) is 5.91 Å². The lowest BCUT2D eigenvalue weighted by molar-refractivity contribution is -0.121. The molecule has 36 heavy (non-hydrogen) atoms. The van der Waals surface area contributed by atoms with Gasteiger partial charge in [0.1, 0.15) is 6.61 Å². The van der Waals surface area contributed by atoms with Crippen LogP contribution >= 0.6 is 15.9 Å². The van der Waals surface area contributed by atoms with E-state index >= 15 is 0 Å². The van der Waals surface area contributed by atoms with Gasteiger partial charge in [0.15, 0.2) is 11.5 Å². The van der Waals surface area contributed by atoms with E-state index in [2.05, 4.69) is 31.8 Å². The number of hydrogen-bond acceptors (Lipinski definition) is 6. The highest BCUT2D eigenvalue weighted by atomic mass is 79.9. The quantitative estimate of drug-likeness (QED) is 0.246. The maximum atomic E-state index is 12.5. The zero-order valence-electron chi connectivity index (χ0n) is 20.1. The minimum atomic E-state index is -0.586. The first kappa shape index (κ1) is 26.7. The second kappa shape index (κ2) is 13.9. The van der Waals surface area contributed by atoms with Gasteiger partial charge in [-0.05, 0) is 53.9 Å². The molecule has 0 aromatic heterocycles. The van der Waals surface area contributed by atoms with Gasteiger partial charge in [0.25, 0.3) is 0 Å². The fraction of sp³-hybridized carbons (Fsp3) is 0.222. The van der Waals surface area contributed by atoms with Crippen molar-refractivity contribution in [3.05, 3.63) is 94.0 Å². The van der Waals surface area contributed by atoms with Gasteiger partial charge in [-0.2, -0.15) is 5.10 Å². The maximum absolute atomic E-state index is 12.5. The van der Waals surface area contributed by atoms with Gasteiger partial charge in [-0.3, -0.25) is 4.79 Å². The van der Waals surface area contributed by atoms with Gasteiger partial charge < -0.3 is 19.5 Å². The molecule has 8 nitrogen and oxygen atoms in total. The van der Waals surface area contributed by atoms with Crippen LogP contribution in [0, 0.1) is 0 Å². The third-order valence-corrected chi connectivity index (χ3v) is 5.59. The molecule has 3 rings (SSSR count). The van der Waals surface area contributed by atoms with Crippen LogP contribution in [0.3, 0.4) is 0 Å². The van der Waals surface area contributed by atoms with Gasteiger partial charge >= 0.3 is 6.09 Å². The number of rotatable bonds is 11. The summed E-state index contributed by atoms with van der Waals surface area (Å²) < 4.78 is 17.3. The molecule has 0 aliphatic rings. The van der Waals surface area contributed by atoms with E-state index in [4.69, 9.17) is 14.2 Å². The lowest BCUT2D eigenvalue weighted by Gasteiger charge is -2.18. The van der Waals surface area contributed by atoms with E-state index in [1.807, 2.05) is 60.7 Å². The Morgan fingerprint density at radius 2 is 1.78 bits per heavy atom. The van der Waals surface area contributed by atoms with Crippen LogP contribution in [0.5, 0.6) is 11.5 Å². The second-order valence-corrected chi connectivity index (χ2v) is 8.57. The van der Waals surface area contributed by atoms with Crippen LogP contribution in [0.1, 0.15) is 36.1 Å². The Kier molecular flexibility index (Phi) is 10.3. The Balaban J connectivity index is 1.58. The largest absolute Gasteiger partial charge is 0.493 e. The Bertz CT molecular complexity index is 1170. The molecule has 0 spiro atoms. The van der Waals surface area contributed by atoms with Gasteiger partial charge in [-0.25, -0.2) is 10.2 Å². The van der Waals surface area contributed by atoms with Crippen molar-refractivity contribution in [3.8, 4) is 11.5 Å². The van der Waals surface area contributed by atoms with E-state index in [0.717, 1.165) is 15.6 Å². The highest BCUT2D eigenvalue weighted by Gasteiger charge is 2.18. The van der Waals surface area contributed by atoms with Crippen molar-refractivity contribution in [2.75, 3.05) is 13.7 Å². The molecule has 0 heterocycles. The van der Waals surface area contributed by atoms with Crippen LogP contribution < -0.4 is 20.2 Å². The van der Waals surface area contributed by atoms with Gasteiger partial charge in [-0.15, -0.1) is 0 Å². The lowest BCUT2D eigenvalue weighted by Crippen LogP contribution is -2.33. The zero-order valence-corrected chi connectivity index (χ0v) is 21.7. The standard InChI is InChI=1S/C27H28BrN3O5/c1-3-35-27(33)30-23(21-7-5-4-6-8-21)16-26(32)31-29-17-20-11-14-24(25(15-20)34-2)36-18-19-9-12-22(28)13-10-19/h4-15,17,23H,3,16,18H2,1-2H3,(H,30,33)(H,31,32)/b29-17-/t23-/m1/s1. The molecule has 0 radical (unpaired) electrons. The fourth-order valence-electron chi connectivity index (χ4n) is 3.29. The molecule has 2 N–H and O–H groups in total. The molecule has 2 amide bonds. The number of methoxy groups -OCH3 is 1. The first-order chi connectivity index (χ1) is 17.5. The number of carbonyl (C=O) groups is 2. The number of nitrogens with zero attached hydrogens (tertiary/aromatic N) is 1. The summed E-state index contributed by atoms with van der Waals surface area (Å²) in [6, 6.07) is 21.9. The average Bonchev–Trinajstić information content (AvgIpc) is 2.89. The number of hydrogen-bond donors (Lipinski definition) is 2. The number of hydrazone groups is 1. The highest BCUT2D eigenvalue weighted by Crippen LogP contribution is 2.28. The molecule has 0 unspecified atom stereocenters. The van der Waals surface area contributed by atoms with Crippen molar-refractivity contribution in [1.82, 2.24) is 10.7 Å². The van der Waals surface area contributed by atoms with Crippen LogP contribution in [-0.2, 0) is 16.1 Å². The van der Waals surface area contributed by atoms with Crippen molar-refractivity contribution < 1.29 is 23.8 Å². The summed E-state index contributed by atoms with van der Waals surface area (Å²) in [5.74, 6) is 0.779. The summed E-state index contributed by atoms with van der Waals surface area (Å²) in [6.45, 7) is 2.35. The highest BCUT2D eigenvalue weighted by molar-refractivity contribution is 9.10. The van der Waals surface area contributed by atoms with Crippen molar-refractivity contribution in [2.24, 2.45) is 5.10 Å². The molecule has 9 heteroatoms. The molecule has 1 atom stereocenters. The SMILES string of the molecule is CCOC(=O)N[C@H](CC(=O)N/N=C\c1ccc(OCc2ccc(Br)cc2)c(OC)c1)c1ccccc1. The number of benzene rings is 3. The molecule has 0 fully saturated rings. The van der Waals surface area contributed by atoms with E-state index in [0.29, 0.717) is 23.7 Å². The molecule has 0 aliphatic heterocycles.